The Morgan fingerprint density at radius 3 is 2.60 bits per heavy atom. The molecule has 1 rings (SSSR count). The minimum atomic E-state index is -0.534. The van der Waals surface area contributed by atoms with E-state index < -0.39 is 6.10 Å². The summed E-state index contributed by atoms with van der Waals surface area (Å²) in [6.45, 7) is 8.11. The van der Waals surface area contributed by atoms with Gasteiger partial charge < -0.3 is 15.8 Å². The van der Waals surface area contributed by atoms with E-state index in [1.807, 2.05) is 32.9 Å². The third-order valence-corrected chi connectivity index (χ3v) is 3.28. The lowest BCUT2D eigenvalue weighted by Crippen LogP contribution is -2.40. The van der Waals surface area contributed by atoms with Crippen LogP contribution < -0.4 is 15.8 Å². The van der Waals surface area contributed by atoms with Crippen LogP contribution in [0, 0.1) is 6.92 Å². The van der Waals surface area contributed by atoms with E-state index in [4.69, 9.17) is 10.5 Å². The number of amides is 1. The van der Waals surface area contributed by atoms with Crippen LogP contribution in [0.5, 0.6) is 5.75 Å². The first-order chi connectivity index (χ1) is 9.35. The maximum atomic E-state index is 11.9. The summed E-state index contributed by atoms with van der Waals surface area (Å²) >= 11 is 3.47. The normalized spacial score (nSPS) is 12.3. The maximum Gasteiger partial charge on any atom is 0.260 e. The molecule has 20 heavy (non-hydrogen) atoms. The van der Waals surface area contributed by atoms with Crippen molar-refractivity contribution in [3.8, 4) is 5.75 Å². The van der Waals surface area contributed by atoms with Crippen LogP contribution >= 0.6 is 15.9 Å². The minimum absolute atomic E-state index is 0.100. The third kappa shape index (κ3) is 4.80. The van der Waals surface area contributed by atoms with Crippen molar-refractivity contribution in [1.29, 1.82) is 0 Å². The fourth-order valence-corrected chi connectivity index (χ4v) is 2.56. The number of benzene rings is 1. The van der Waals surface area contributed by atoms with Crippen molar-refractivity contribution in [1.82, 2.24) is 5.32 Å². The van der Waals surface area contributed by atoms with Crippen molar-refractivity contribution in [3.05, 3.63) is 27.7 Å². The van der Waals surface area contributed by atoms with Gasteiger partial charge in [0.1, 0.15) is 5.75 Å². The van der Waals surface area contributed by atoms with Gasteiger partial charge in [0, 0.05) is 10.5 Å². The lowest BCUT2D eigenvalue weighted by molar-refractivity contribution is -0.127. The molecular formula is C15H23BrN2O2. The summed E-state index contributed by atoms with van der Waals surface area (Å²) in [7, 11) is 0. The Morgan fingerprint density at radius 1 is 1.40 bits per heavy atom. The molecule has 4 nitrogen and oxygen atoms in total. The van der Waals surface area contributed by atoms with Crippen LogP contribution in [0.3, 0.4) is 0 Å². The molecule has 1 atom stereocenters. The summed E-state index contributed by atoms with van der Waals surface area (Å²) in [6.07, 6.45) is 0.183. The monoisotopic (exact) mass is 342 g/mol. The highest BCUT2D eigenvalue weighted by molar-refractivity contribution is 9.10. The first-order valence-corrected chi connectivity index (χ1v) is 7.60. The molecule has 1 unspecified atom stereocenters. The van der Waals surface area contributed by atoms with Gasteiger partial charge in [0.05, 0.1) is 0 Å². The SMILES string of the molecule is Cc1cc(Br)cc(CCN)c1OC(C)C(=O)NC(C)C. The smallest absolute Gasteiger partial charge is 0.260 e. The van der Waals surface area contributed by atoms with Crippen molar-refractivity contribution in [3.63, 3.8) is 0 Å². The number of aryl methyl sites for hydroxylation is 1. The molecule has 3 N–H and O–H groups in total. The molecule has 5 heteroatoms. The second kappa shape index (κ2) is 7.64. The molecule has 0 aliphatic carbocycles. The van der Waals surface area contributed by atoms with Gasteiger partial charge in [0.2, 0.25) is 0 Å². The second-order valence-electron chi connectivity index (χ2n) is 5.17. The van der Waals surface area contributed by atoms with E-state index in [0.29, 0.717) is 13.0 Å². The van der Waals surface area contributed by atoms with E-state index in [1.165, 1.54) is 0 Å². The van der Waals surface area contributed by atoms with Crippen LogP contribution in [-0.4, -0.2) is 24.6 Å². The number of hydrogen-bond donors (Lipinski definition) is 2. The molecule has 0 bridgehead atoms. The average Bonchev–Trinajstić information content (AvgIpc) is 2.32. The number of rotatable bonds is 6. The zero-order chi connectivity index (χ0) is 15.3. The van der Waals surface area contributed by atoms with Gasteiger partial charge in [-0.1, -0.05) is 15.9 Å². The highest BCUT2D eigenvalue weighted by atomic mass is 79.9. The zero-order valence-corrected chi connectivity index (χ0v) is 14.1. The molecule has 0 aromatic heterocycles. The molecule has 0 aliphatic heterocycles. The molecule has 0 spiro atoms. The summed E-state index contributed by atoms with van der Waals surface area (Å²) in [4.78, 5) is 11.9. The van der Waals surface area contributed by atoms with Gasteiger partial charge in [0.15, 0.2) is 6.10 Å². The highest BCUT2D eigenvalue weighted by Crippen LogP contribution is 2.29. The maximum absolute atomic E-state index is 11.9. The lowest BCUT2D eigenvalue weighted by Gasteiger charge is -2.20. The highest BCUT2D eigenvalue weighted by Gasteiger charge is 2.18. The number of nitrogens with two attached hydrogens (primary N) is 1. The van der Waals surface area contributed by atoms with E-state index in [9.17, 15) is 4.79 Å². The zero-order valence-electron chi connectivity index (χ0n) is 12.5. The molecule has 1 aromatic rings. The van der Waals surface area contributed by atoms with Crippen LogP contribution in [0.4, 0.5) is 0 Å². The molecule has 0 radical (unpaired) electrons. The van der Waals surface area contributed by atoms with E-state index in [0.717, 1.165) is 21.3 Å². The van der Waals surface area contributed by atoms with E-state index in [-0.39, 0.29) is 11.9 Å². The van der Waals surface area contributed by atoms with Gasteiger partial charge in [-0.2, -0.15) is 0 Å². The van der Waals surface area contributed by atoms with Gasteiger partial charge in [-0.15, -0.1) is 0 Å². The largest absolute Gasteiger partial charge is 0.480 e. The molecule has 0 fully saturated rings. The van der Waals surface area contributed by atoms with Crippen LogP contribution in [0.2, 0.25) is 0 Å². The van der Waals surface area contributed by atoms with E-state index in [1.54, 1.807) is 6.92 Å². The number of hydrogen-bond acceptors (Lipinski definition) is 3. The Bertz CT molecular complexity index is 475. The summed E-state index contributed by atoms with van der Waals surface area (Å²) in [6, 6.07) is 4.06. The summed E-state index contributed by atoms with van der Waals surface area (Å²) in [5.41, 5.74) is 7.65. The minimum Gasteiger partial charge on any atom is -0.480 e. The Kier molecular flexibility index (Phi) is 6.49. The van der Waals surface area contributed by atoms with E-state index in [2.05, 4.69) is 21.2 Å². The van der Waals surface area contributed by atoms with Gasteiger partial charge in [-0.05, 0) is 63.9 Å². The predicted octanol–water partition coefficient (Wildman–Crippen LogP) is 2.55. The van der Waals surface area contributed by atoms with Gasteiger partial charge in [0.25, 0.3) is 5.91 Å². The molecule has 0 aliphatic rings. The fraction of sp³-hybridized carbons (Fsp3) is 0.533. The van der Waals surface area contributed by atoms with Crippen molar-refractivity contribution < 1.29 is 9.53 Å². The summed E-state index contributed by atoms with van der Waals surface area (Å²) in [5.74, 6) is 0.645. The third-order valence-electron chi connectivity index (χ3n) is 2.82. The van der Waals surface area contributed by atoms with Crippen LogP contribution in [0.1, 0.15) is 31.9 Å². The summed E-state index contributed by atoms with van der Waals surface area (Å²) in [5, 5.41) is 2.85. The van der Waals surface area contributed by atoms with Gasteiger partial charge >= 0.3 is 0 Å². The van der Waals surface area contributed by atoms with Crippen molar-refractivity contribution in [2.24, 2.45) is 5.73 Å². The Balaban J connectivity index is 2.93. The first-order valence-electron chi connectivity index (χ1n) is 6.81. The van der Waals surface area contributed by atoms with Crippen LogP contribution in [0.25, 0.3) is 0 Å². The Labute approximate surface area is 129 Å². The van der Waals surface area contributed by atoms with Gasteiger partial charge in [-0.3, -0.25) is 4.79 Å². The molecule has 0 heterocycles. The fourth-order valence-electron chi connectivity index (χ4n) is 1.94. The topological polar surface area (TPSA) is 64.3 Å². The molecule has 0 saturated carbocycles. The number of carbonyl (C=O) groups is 1. The molecule has 0 saturated heterocycles. The first kappa shape index (κ1) is 17.0. The van der Waals surface area contributed by atoms with Crippen molar-refractivity contribution >= 4 is 21.8 Å². The Morgan fingerprint density at radius 2 is 2.05 bits per heavy atom. The predicted molar refractivity (Wildman–Crippen MR) is 85.0 cm³/mol. The molecule has 1 amide bonds. The van der Waals surface area contributed by atoms with Crippen LogP contribution in [-0.2, 0) is 11.2 Å². The quantitative estimate of drug-likeness (QED) is 0.834. The van der Waals surface area contributed by atoms with Gasteiger partial charge in [-0.25, -0.2) is 0 Å². The summed E-state index contributed by atoms with van der Waals surface area (Å²) < 4.78 is 6.85. The second-order valence-corrected chi connectivity index (χ2v) is 6.09. The lowest BCUT2D eigenvalue weighted by atomic mass is 10.1. The molecular weight excluding hydrogens is 320 g/mol. The molecule has 112 valence electrons. The average molecular weight is 343 g/mol. The number of carbonyl (C=O) groups excluding carboxylic acids is 1. The number of nitrogens with one attached hydrogen (secondary N) is 1. The molecule has 1 aromatic carbocycles. The Hall–Kier alpha value is -1.07. The van der Waals surface area contributed by atoms with E-state index >= 15 is 0 Å². The standard InChI is InChI=1S/C15H23BrN2O2/c1-9(2)18-15(19)11(4)20-14-10(3)7-13(16)8-12(14)5-6-17/h7-9,11H,5-6,17H2,1-4H3,(H,18,19). The van der Waals surface area contributed by atoms with Crippen molar-refractivity contribution in [2.75, 3.05) is 6.54 Å². The number of halogens is 1. The van der Waals surface area contributed by atoms with Crippen LogP contribution in [0.15, 0.2) is 16.6 Å². The van der Waals surface area contributed by atoms with Crippen molar-refractivity contribution in [2.45, 2.75) is 46.3 Å². The number of ether oxygens (including phenoxy) is 1.